The van der Waals surface area contributed by atoms with Crippen molar-refractivity contribution in [1.82, 2.24) is 10.3 Å². The predicted molar refractivity (Wildman–Crippen MR) is 126 cm³/mol. The molecule has 0 spiro atoms. The monoisotopic (exact) mass is 487 g/mol. The molecule has 11 heteroatoms. The highest BCUT2D eigenvalue weighted by Gasteiger charge is 2.17. The molecule has 35 heavy (non-hydrogen) atoms. The molecule has 1 N–H and O–H groups in total. The van der Waals surface area contributed by atoms with Crippen LogP contribution in [0.25, 0.3) is 10.9 Å². The molecule has 0 aliphatic rings. The highest BCUT2D eigenvalue weighted by molar-refractivity contribution is 5.88. The van der Waals surface area contributed by atoms with Crippen LogP contribution in [-0.2, 0) is 4.74 Å². The SMILES string of the molecule is COc1cc2c(Oc3ccc([N+](=O)[O-])cc3F)ccnc2cc1OCCCNC(=O)OC(C)(C)C. The number of methoxy groups -OCH3 is 1. The molecule has 0 fully saturated rings. The molecule has 1 aromatic heterocycles. The van der Waals surface area contributed by atoms with Gasteiger partial charge in [-0.05, 0) is 45.4 Å². The minimum Gasteiger partial charge on any atom is -0.493 e. The van der Waals surface area contributed by atoms with Crippen molar-refractivity contribution in [2.45, 2.75) is 32.8 Å². The van der Waals surface area contributed by atoms with Crippen LogP contribution in [0.4, 0.5) is 14.9 Å². The van der Waals surface area contributed by atoms with E-state index in [1.54, 1.807) is 39.0 Å². The van der Waals surface area contributed by atoms with Gasteiger partial charge in [0, 0.05) is 30.3 Å². The molecule has 0 saturated heterocycles. The van der Waals surface area contributed by atoms with E-state index in [1.807, 2.05) is 0 Å². The Kier molecular flexibility index (Phi) is 7.90. The Bertz CT molecular complexity index is 1230. The van der Waals surface area contributed by atoms with E-state index in [9.17, 15) is 19.3 Å². The minimum absolute atomic E-state index is 0.167. The Hall–Kier alpha value is -4.15. The summed E-state index contributed by atoms with van der Waals surface area (Å²) in [6.45, 7) is 6.02. The lowest BCUT2D eigenvalue weighted by molar-refractivity contribution is -0.385. The number of fused-ring (bicyclic) bond motifs is 1. The zero-order valence-electron chi connectivity index (χ0n) is 19.8. The zero-order chi connectivity index (χ0) is 25.6. The third-order valence-electron chi connectivity index (χ3n) is 4.58. The van der Waals surface area contributed by atoms with Crippen LogP contribution in [0.3, 0.4) is 0 Å². The normalized spacial score (nSPS) is 11.1. The number of hydrogen-bond acceptors (Lipinski definition) is 8. The fourth-order valence-electron chi connectivity index (χ4n) is 3.05. The van der Waals surface area contributed by atoms with E-state index >= 15 is 0 Å². The summed E-state index contributed by atoms with van der Waals surface area (Å²) in [6.07, 6.45) is 1.51. The van der Waals surface area contributed by atoms with Crippen LogP contribution in [0.5, 0.6) is 23.0 Å². The molecule has 0 atom stereocenters. The Balaban J connectivity index is 1.70. The van der Waals surface area contributed by atoms with Gasteiger partial charge >= 0.3 is 6.09 Å². The van der Waals surface area contributed by atoms with E-state index in [-0.39, 0.29) is 17.2 Å². The fourth-order valence-corrected chi connectivity index (χ4v) is 3.05. The van der Waals surface area contributed by atoms with Crippen molar-refractivity contribution < 1.29 is 33.1 Å². The summed E-state index contributed by atoms with van der Waals surface area (Å²) in [4.78, 5) is 26.2. The highest BCUT2D eigenvalue weighted by Crippen LogP contribution is 2.38. The molecule has 3 aromatic rings. The summed E-state index contributed by atoms with van der Waals surface area (Å²) in [5.41, 5.74) is -0.439. The number of amides is 1. The number of aromatic nitrogens is 1. The van der Waals surface area contributed by atoms with Crippen LogP contribution >= 0.6 is 0 Å². The van der Waals surface area contributed by atoms with Crippen molar-refractivity contribution in [3.8, 4) is 23.0 Å². The van der Waals surface area contributed by atoms with Gasteiger partial charge in [0.2, 0.25) is 0 Å². The number of nitro benzene ring substituents is 1. The van der Waals surface area contributed by atoms with Crippen LogP contribution < -0.4 is 19.5 Å². The largest absolute Gasteiger partial charge is 0.493 e. The van der Waals surface area contributed by atoms with Crippen LogP contribution in [-0.4, -0.2) is 41.9 Å². The summed E-state index contributed by atoms with van der Waals surface area (Å²) in [5.74, 6) is 0.0909. The molecule has 10 nitrogen and oxygen atoms in total. The van der Waals surface area contributed by atoms with Crippen molar-refractivity contribution >= 4 is 22.7 Å². The number of nitrogens with one attached hydrogen (secondary N) is 1. The molecule has 0 aliphatic heterocycles. The van der Waals surface area contributed by atoms with Gasteiger partial charge in [-0.3, -0.25) is 15.1 Å². The van der Waals surface area contributed by atoms with Gasteiger partial charge in [0.1, 0.15) is 11.4 Å². The van der Waals surface area contributed by atoms with Crippen LogP contribution in [0.15, 0.2) is 42.6 Å². The van der Waals surface area contributed by atoms with Gasteiger partial charge in [-0.25, -0.2) is 9.18 Å². The molecule has 0 saturated carbocycles. The predicted octanol–water partition coefficient (Wildman–Crippen LogP) is 5.38. The van der Waals surface area contributed by atoms with Gasteiger partial charge in [-0.2, -0.15) is 0 Å². The Labute approximate surface area is 201 Å². The number of halogens is 1. The van der Waals surface area contributed by atoms with Gasteiger partial charge < -0.3 is 24.3 Å². The number of non-ortho nitro benzene ring substituents is 1. The maximum absolute atomic E-state index is 14.3. The lowest BCUT2D eigenvalue weighted by atomic mass is 10.1. The second-order valence-corrected chi connectivity index (χ2v) is 8.43. The average Bonchev–Trinajstić information content (AvgIpc) is 2.78. The summed E-state index contributed by atoms with van der Waals surface area (Å²) in [6, 6.07) is 8.00. The van der Waals surface area contributed by atoms with Crippen molar-refractivity contribution in [2.75, 3.05) is 20.3 Å². The molecular weight excluding hydrogens is 461 g/mol. The highest BCUT2D eigenvalue weighted by atomic mass is 19.1. The number of rotatable bonds is 9. The average molecular weight is 487 g/mol. The first-order valence-electron chi connectivity index (χ1n) is 10.8. The van der Waals surface area contributed by atoms with Crippen molar-refractivity contribution in [3.63, 3.8) is 0 Å². The number of carbonyl (C=O) groups excluding carboxylic acids is 1. The second kappa shape index (κ2) is 10.9. The van der Waals surface area contributed by atoms with E-state index in [4.69, 9.17) is 18.9 Å². The van der Waals surface area contributed by atoms with E-state index < -0.39 is 22.4 Å². The smallest absolute Gasteiger partial charge is 0.407 e. The molecular formula is C24H26FN3O7. The number of ether oxygens (including phenoxy) is 4. The standard InChI is InChI=1S/C24H26FN3O7/c1-24(2,3)35-23(29)27-9-5-11-33-22-14-18-16(13-21(22)32-4)19(8-10-26-18)34-20-7-6-15(28(30)31)12-17(20)25/h6-8,10,12-14H,5,9,11H2,1-4H3,(H,27,29). The van der Waals surface area contributed by atoms with Crippen molar-refractivity contribution in [1.29, 1.82) is 0 Å². The number of benzene rings is 2. The quantitative estimate of drug-likeness (QED) is 0.243. The first kappa shape index (κ1) is 25.5. The first-order chi connectivity index (χ1) is 16.6. The maximum Gasteiger partial charge on any atom is 0.407 e. The summed E-state index contributed by atoms with van der Waals surface area (Å²) in [5, 5.41) is 14.0. The molecule has 0 unspecified atom stereocenters. The Morgan fingerprint density at radius 2 is 1.89 bits per heavy atom. The molecule has 1 heterocycles. The minimum atomic E-state index is -0.865. The van der Waals surface area contributed by atoms with Crippen LogP contribution in [0, 0.1) is 15.9 Å². The van der Waals surface area contributed by atoms with Gasteiger partial charge in [-0.1, -0.05) is 0 Å². The summed E-state index contributed by atoms with van der Waals surface area (Å²) >= 11 is 0. The number of nitrogens with zero attached hydrogens (tertiary/aromatic N) is 2. The van der Waals surface area contributed by atoms with Gasteiger partial charge in [0.25, 0.3) is 5.69 Å². The molecule has 3 rings (SSSR count). The van der Waals surface area contributed by atoms with Gasteiger partial charge in [0.05, 0.1) is 30.2 Å². The van der Waals surface area contributed by atoms with Crippen LogP contribution in [0.2, 0.25) is 0 Å². The second-order valence-electron chi connectivity index (χ2n) is 8.43. The van der Waals surface area contributed by atoms with Gasteiger partial charge in [0.15, 0.2) is 23.1 Å². The summed E-state index contributed by atoms with van der Waals surface area (Å²) in [7, 11) is 1.48. The molecule has 186 valence electrons. The number of pyridine rings is 1. The van der Waals surface area contributed by atoms with E-state index in [0.717, 1.165) is 12.1 Å². The molecule has 0 radical (unpaired) electrons. The fraction of sp³-hybridized carbons (Fsp3) is 0.333. The third-order valence-corrected chi connectivity index (χ3v) is 4.58. The lowest BCUT2D eigenvalue weighted by Crippen LogP contribution is -2.33. The lowest BCUT2D eigenvalue weighted by Gasteiger charge is -2.19. The number of nitro groups is 1. The molecule has 0 aliphatic carbocycles. The summed E-state index contributed by atoms with van der Waals surface area (Å²) < 4.78 is 36.4. The Morgan fingerprint density at radius 1 is 1.11 bits per heavy atom. The number of alkyl carbamates (subject to hydrolysis) is 1. The van der Waals surface area contributed by atoms with Crippen molar-refractivity contribution in [3.05, 3.63) is 58.5 Å². The molecule has 0 bridgehead atoms. The number of hydrogen-bond donors (Lipinski definition) is 1. The zero-order valence-corrected chi connectivity index (χ0v) is 19.8. The third kappa shape index (κ3) is 6.92. The topological polar surface area (TPSA) is 122 Å². The molecule has 2 aromatic carbocycles. The molecule has 1 amide bonds. The van der Waals surface area contributed by atoms with E-state index in [2.05, 4.69) is 10.3 Å². The van der Waals surface area contributed by atoms with Crippen LogP contribution in [0.1, 0.15) is 27.2 Å². The number of carbonyl (C=O) groups is 1. The first-order valence-corrected chi connectivity index (χ1v) is 10.8. The van der Waals surface area contributed by atoms with Gasteiger partial charge in [-0.15, -0.1) is 0 Å². The van der Waals surface area contributed by atoms with Crippen molar-refractivity contribution in [2.24, 2.45) is 0 Å². The Morgan fingerprint density at radius 3 is 2.54 bits per heavy atom. The van der Waals surface area contributed by atoms with E-state index in [1.165, 1.54) is 19.4 Å². The maximum atomic E-state index is 14.3. The van der Waals surface area contributed by atoms with E-state index in [0.29, 0.717) is 42.0 Å².